The molecule has 2 aromatic carbocycles. The Morgan fingerprint density at radius 2 is 1.70 bits per heavy atom. The second-order valence-electron chi connectivity index (χ2n) is 6.11. The molecule has 1 aliphatic heterocycles. The van der Waals surface area contributed by atoms with E-state index in [4.69, 9.17) is 9.47 Å². The van der Waals surface area contributed by atoms with Crippen molar-refractivity contribution in [2.75, 3.05) is 0 Å². The van der Waals surface area contributed by atoms with E-state index in [-0.39, 0.29) is 18.2 Å². The Morgan fingerprint density at radius 3 is 2.43 bits per heavy atom. The molecule has 0 spiro atoms. The third kappa shape index (κ3) is 2.87. The van der Waals surface area contributed by atoms with E-state index in [0.29, 0.717) is 11.5 Å². The Bertz CT molecular complexity index is 718. The fourth-order valence-electron chi connectivity index (χ4n) is 3.34. The van der Waals surface area contributed by atoms with E-state index in [1.165, 1.54) is 0 Å². The van der Waals surface area contributed by atoms with Gasteiger partial charge in [-0.1, -0.05) is 42.5 Å². The van der Waals surface area contributed by atoms with Gasteiger partial charge in [-0.2, -0.15) is 0 Å². The molecule has 0 aromatic heterocycles. The van der Waals surface area contributed by atoms with Gasteiger partial charge in [0.05, 0.1) is 11.8 Å². The minimum absolute atomic E-state index is 0.0451. The summed E-state index contributed by atoms with van der Waals surface area (Å²) in [6.45, 7) is 0. The molecule has 1 heterocycles. The summed E-state index contributed by atoms with van der Waals surface area (Å²) >= 11 is 0. The van der Waals surface area contributed by atoms with E-state index in [2.05, 4.69) is 18.2 Å². The zero-order chi connectivity index (χ0) is 15.6. The number of benzene rings is 2. The smallest absolute Gasteiger partial charge is 0.338 e. The second-order valence-corrected chi connectivity index (χ2v) is 6.11. The molecule has 1 aliphatic carbocycles. The van der Waals surface area contributed by atoms with Crippen LogP contribution in [0.2, 0.25) is 0 Å². The number of fused-ring (bicyclic) bond motifs is 1. The first kappa shape index (κ1) is 14.1. The Labute approximate surface area is 135 Å². The van der Waals surface area contributed by atoms with Crippen molar-refractivity contribution in [2.45, 2.75) is 25.0 Å². The molecule has 0 N–H and O–H groups in total. The molecule has 116 valence electrons. The average molecular weight is 306 g/mol. The fraction of sp³-hybridized carbons (Fsp3) is 0.250. The van der Waals surface area contributed by atoms with Crippen molar-refractivity contribution in [2.24, 2.45) is 5.92 Å². The zero-order valence-electron chi connectivity index (χ0n) is 12.7. The van der Waals surface area contributed by atoms with Crippen LogP contribution in [0.25, 0.3) is 11.1 Å². The van der Waals surface area contributed by atoms with Gasteiger partial charge in [0, 0.05) is 12.3 Å². The minimum atomic E-state index is -0.251. The van der Waals surface area contributed by atoms with Gasteiger partial charge in [-0.25, -0.2) is 4.79 Å². The molecule has 0 saturated heterocycles. The summed E-state index contributed by atoms with van der Waals surface area (Å²) in [5.41, 5.74) is 2.83. The van der Waals surface area contributed by atoms with E-state index < -0.39 is 0 Å². The van der Waals surface area contributed by atoms with Gasteiger partial charge < -0.3 is 9.47 Å². The SMILES string of the molecule is O=C(OC1CC2C=COC2C1)c1ccc(-c2ccccc2)cc1. The summed E-state index contributed by atoms with van der Waals surface area (Å²) < 4.78 is 11.1. The standard InChI is InChI=1S/C20H18O3/c21-20(23-18-12-17-10-11-22-19(17)13-18)16-8-6-15(7-9-16)14-4-2-1-3-5-14/h1-11,17-19H,12-13H2. The molecule has 1 saturated carbocycles. The summed E-state index contributed by atoms with van der Waals surface area (Å²) in [5, 5.41) is 0. The van der Waals surface area contributed by atoms with Crippen LogP contribution in [0.5, 0.6) is 0 Å². The number of hydrogen-bond donors (Lipinski definition) is 0. The van der Waals surface area contributed by atoms with Gasteiger partial charge >= 0.3 is 5.97 Å². The Morgan fingerprint density at radius 1 is 0.957 bits per heavy atom. The molecule has 3 atom stereocenters. The molecule has 0 bridgehead atoms. The third-order valence-corrected chi connectivity index (χ3v) is 4.59. The molecular formula is C20H18O3. The number of ether oxygens (including phenoxy) is 2. The highest BCUT2D eigenvalue weighted by atomic mass is 16.5. The number of hydrogen-bond acceptors (Lipinski definition) is 3. The van der Waals surface area contributed by atoms with Crippen LogP contribution in [-0.2, 0) is 9.47 Å². The van der Waals surface area contributed by atoms with Crippen molar-refractivity contribution < 1.29 is 14.3 Å². The van der Waals surface area contributed by atoms with Gasteiger partial charge in [0.1, 0.15) is 12.2 Å². The first-order chi connectivity index (χ1) is 11.3. The predicted octanol–water partition coefficient (Wildman–Crippen LogP) is 4.20. The third-order valence-electron chi connectivity index (χ3n) is 4.59. The molecule has 1 fully saturated rings. The summed E-state index contributed by atoms with van der Waals surface area (Å²) in [5.74, 6) is 0.145. The van der Waals surface area contributed by atoms with Crippen LogP contribution in [0.15, 0.2) is 66.9 Å². The van der Waals surface area contributed by atoms with Crippen LogP contribution in [-0.4, -0.2) is 18.2 Å². The van der Waals surface area contributed by atoms with E-state index in [1.807, 2.05) is 42.5 Å². The molecule has 0 amide bonds. The fourth-order valence-corrected chi connectivity index (χ4v) is 3.34. The maximum Gasteiger partial charge on any atom is 0.338 e. The summed E-state index contributed by atoms with van der Waals surface area (Å²) in [4.78, 5) is 12.3. The van der Waals surface area contributed by atoms with Gasteiger partial charge in [0.25, 0.3) is 0 Å². The van der Waals surface area contributed by atoms with Crippen molar-refractivity contribution in [3.8, 4) is 11.1 Å². The molecule has 3 unspecified atom stereocenters. The largest absolute Gasteiger partial charge is 0.498 e. The quantitative estimate of drug-likeness (QED) is 0.797. The number of esters is 1. The summed E-state index contributed by atoms with van der Waals surface area (Å²) in [6.07, 6.45) is 5.60. The molecular weight excluding hydrogens is 288 g/mol. The van der Waals surface area contributed by atoms with Crippen LogP contribution in [0, 0.1) is 5.92 Å². The highest BCUT2D eigenvalue weighted by molar-refractivity contribution is 5.90. The minimum Gasteiger partial charge on any atom is -0.498 e. The molecule has 2 aliphatic rings. The lowest BCUT2D eigenvalue weighted by atomic mass is 10.0. The molecule has 3 nitrogen and oxygen atoms in total. The van der Waals surface area contributed by atoms with Crippen molar-refractivity contribution in [3.63, 3.8) is 0 Å². The van der Waals surface area contributed by atoms with Crippen LogP contribution >= 0.6 is 0 Å². The van der Waals surface area contributed by atoms with Crippen LogP contribution in [0.4, 0.5) is 0 Å². The highest BCUT2D eigenvalue weighted by Gasteiger charge is 2.38. The lowest BCUT2D eigenvalue weighted by molar-refractivity contribution is 0.0280. The lowest BCUT2D eigenvalue weighted by Gasteiger charge is -2.12. The van der Waals surface area contributed by atoms with E-state index in [0.717, 1.165) is 24.0 Å². The van der Waals surface area contributed by atoms with Gasteiger partial charge in [-0.05, 0) is 35.8 Å². The maximum absolute atomic E-state index is 12.3. The van der Waals surface area contributed by atoms with Crippen molar-refractivity contribution in [3.05, 3.63) is 72.5 Å². The molecule has 23 heavy (non-hydrogen) atoms. The maximum atomic E-state index is 12.3. The number of carbonyl (C=O) groups excluding carboxylic acids is 1. The van der Waals surface area contributed by atoms with Crippen molar-refractivity contribution in [1.29, 1.82) is 0 Å². The predicted molar refractivity (Wildman–Crippen MR) is 87.8 cm³/mol. The summed E-state index contributed by atoms with van der Waals surface area (Å²) in [7, 11) is 0. The number of rotatable bonds is 3. The van der Waals surface area contributed by atoms with Crippen LogP contribution in [0.3, 0.4) is 0 Å². The van der Waals surface area contributed by atoms with E-state index in [9.17, 15) is 4.79 Å². The van der Waals surface area contributed by atoms with Gasteiger partial charge in [0.15, 0.2) is 0 Å². The van der Waals surface area contributed by atoms with Crippen LogP contribution < -0.4 is 0 Å². The second kappa shape index (κ2) is 5.92. The first-order valence-corrected chi connectivity index (χ1v) is 7.98. The van der Waals surface area contributed by atoms with E-state index in [1.54, 1.807) is 6.26 Å². The highest BCUT2D eigenvalue weighted by Crippen LogP contribution is 2.35. The topological polar surface area (TPSA) is 35.5 Å². The van der Waals surface area contributed by atoms with Gasteiger partial charge in [-0.3, -0.25) is 0 Å². The van der Waals surface area contributed by atoms with E-state index >= 15 is 0 Å². The normalized spacial score (nSPS) is 25.0. The molecule has 4 rings (SSSR count). The molecule has 2 aromatic rings. The lowest BCUT2D eigenvalue weighted by Crippen LogP contribution is -2.16. The summed E-state index contributed by atoms with van der Waals surface area (Å²) in [6, 6.07) is 17.7. The first-order valence-electron chi connectivity index (χ1n) is 7.98. The average Bonchev–Trinajstić information content (AvgIpc) is 3.17. The Balaban J connectivity index is 1.42. The monoisotopic (exact) mass is 306 g/mol. The zero-order valence-corrected chi connectivity index (χ0v) is 12.7. The van der Waals surface area contributed by atoms with Gasteiger partial charge in [0.2, 0.25) is 0 Å². The Kier molecular flexibility index (Phi) is 3.62. The number of carbonyl (C=O) groups is 1. The van der Waals surface area contributed by atoms with Crippen LogP contribution in [0.1, 0.15) is 23.2 Å². The Hall–Kier alpha value is -2.55. The molecule has 0 radical (unpaired) electrons. The molecule has 3 heteroatoms. The van der Waals surface area contributed by atoms with Gasteiger partial charge in [-0.15, -0.1) is 0 Å². The van der Waals surface area contributed by atoms with Crippen molar-refractivity contribution in [1.82, 2.24) is 0 Å². The van der Waals surface area contributed by atoms with Crippen molar-refractivity contribution >= 4 is 5.97 Å².